The summed E-state index contributed by atoms with van der Waals surface area (Å²) in [6.45, 7) is 0.395. The summed E-state index contributed by atoms with van der Waals surface area (Å²) in [6.07, 6.45) is 1.66. The number of benzene rings is 2. The Balaban J connectivity index is 1.50. The Kier molecular flexibility index (Phi) is 6.54. The van der Waals surface area contributed by atoms with E-state index in [0.29, 0.717) is 23.1 Å². The molecule has 0 amide bonds. The number of carbonyl (C=O) groups excluding carboxylic acids is 1. The summed E-state index contributed by atoms with van der Waals surface area (Å²) in [7, 11) is 1.36. The summed E-state index contributed by atoms with van der Waals surface area (Å²) < 4.78 is 10.4. The highest BCUT2D eigenvalue weighted by Gasteiger charge is 2.04. The quantitative estimate of drug-likeness (QED) is 0.370. The van der Waals surface area contributed by atoms with Gasteiger partial charge in [-0.2, -0.15) is 5.10 Å². The Morgan fingerprint density at radius 3 is 2.46 bits per heavy atom. The van der Waals surface area contributed by atoms with Crippen LogP contribution in [0.3, 0.4) is 0 Å². The van der Waals surface area contributed by atoms with Gasteiger partial charge >= 0.3 is 5.97 Å². The Labute approximate surface area is 167 Å². The molecule has 0 atom stereocenters. The zero-order valence-corrected chi connectivity index (χ0v) is 15.8. The largest absolute Gasteiger partial charge is 0.489 e. The van der Waals surface area contributed by atoms with Crippen molar-refractivity contribution in [1.82, 2.24) is 10.2 Å². The highest BCUT2D eigenvalue weighted by Crippen LogP contribution is 2.14. The van der Waals surface area contributed by atoms with Gasteiger partial charge in [0.05, 0.1) is 18.9 Å². The van der Waals surface area contributed by atoms with Gasteiger partial charge in [0.1, 0.15) is 12.4 Å². The molecule has 0 aliphatic heterocycles. The molecule has 0 unspecified atom stereocenters. The summed E-state index contributed by atoms with van der Waals surface area (Å²) in [5.41, 5.74) is 5.12. The van der Waals surface area contributed by atoms with Crippen LogP contribution < -0.4 is 10.2 Å². The molecule has 0 saturated heterocycles. The maximum absolute atomic E-state index is 11.4. The monoisotopic (exact) mass is 396 g/mol. The molecule has 1 heterocycles. The molecule has 0 aliphatic carbocycles. The molecule has 28 heavy (non-hydrogen) atoms. The van der Waals surface area contributed by atoms with Gasteiger partial charge in [-0.15, -0.1) is 10.2 Å². The minimum Gasteiger partial charge on any atom is -0.489 e. The number of hydrazone groups is 1. The zero-order valence-electron chi connectivity index (χ0n) is 15.0. The Hall–Kier alpha value is -3.45. The molecule has 3 rings (SSSR count). The molecular weight excluding hydrogens is 380 g/mol. The molecule has 142 valence electrons. The molecule has 8 heteroatoms. The first kappa shape index (κ1) is 19.3. The number of anilines is 1. The van der Waals surface area contributed by atoms with Crippen molar-refractivity contribution in [3.8, 4) is 5.75 Å². The maximum atomic E-state index is 11.4. The molecule has 2 aromatic carbocycles. The van der Waals surface area contributed by atoms with Gasteiger partial charge in [0.25, 0.3) is 0 Å². The second-order valence-corrected chi connectivity index (χ2v) is 6.04. The van der Waals surface area contributed by atoms with Crippen LogP contribution in [0.15, 0.2) is 65.8 Å². The van der Waals surface area contributed by atoms with E-state index in [4.69, 9.17) is 16.3 Å². The Bertz CT molecular complexity index is 943. The second-order valence-electron chi connectivity index (χ2n) is 5.66. The van der Waals surface area contributed by atoms with Crippen LogP contribution in [0.2, 0.25) is 5.15 Å². The highest BCUT2D eigenvalue weighted by atomic mass is 35.5. The fourth-order valence-electron chi connectivity index (χ4n) is 2.22. The van der Waals surface area contributed by atoms with E-state index in [1.54, 1.807) is 30.5 Å². The van der Waals surface area contributed by atoms with E-state index >= 15 is 0 Å². The van der Waals surface area contributed by atoms with Gasteiger partial charge < -0.3 is 9.47 Å². The first-order valence-corrected chi connectivity index (χ1v) is 8.70. The van der Waals surface area contributed by atoms with Crippen LogP contribution in [0.5, 0.6) is 5.75 Å². The number of nitrogens with one attached hydrogen (secondary N) is 1. The van der Waals surface area contributed by atoms with E-state index in [0.717, 1.165) is 16.9 Å². The SMILES string of the molecule is COC(=O)c1ccc(COc2ccc(C=NNc3ccc(Cl)nn3)cc2)cc1. The van der Waals surface area contributed by atoms with E-state index in [1.807, 2.05) is 36.4 Å². The molecule has 3 aromatic rings. The fraction of sp³-hybridized carbons (Fsp3) is 0.100. The van der Waals surface area contributed by atoms with Gasteiger partial charge in [0, 0.05) is 0 Å². The predicted octanol–water partition coefficient (Wildman–Crippen LogP) is 3.94. The smallest absolute Gasteiger partial charge is 0.337 e. The van der Waals surface area contributed by atoms with Gasteiger partial charge in [-0.25, -0.2) is 4.79 Å². The molecule has 1 N–H and O–H groups in total. The van der Waals surface area contributed by atoms with Gasteiger partial charge in [-0.1, -0.05) is 23.7 Å². The summed E-state index contributed by atoms with van der Waals surface area (Å²) in [6, 6.07) is 17.9. The molecule has 0 aliphatic rings. The Morgan fingerprint density at radius 1 is 1.07 bits per heavy atom. The van der Waals surface area contributed by atoms with Crippen LogP contribution in [0.4, 0.5) is 5.82 Å². The molecule has 7 nitrogen and oxygen atoms in total. The van der Waals surface area contributed by atoms with Crippen molar-refractivity contribution in [2.75, 3.05) is 12.5 Å². The third-order valence-electron chi connectivity index (χ3n) is 3.69. The number of nitrogens with zero attached hydrogens (tertiary/aromatic N) is 3. The van der Waals surface area contributed by atoms with Crippen LogP contribution in [-0.4, -0.2) is 29.5 Å². The van der Waals surface area contributed by atoms with Crippen molar-refractivity contribution < 1.29 is 14.3 Å². The van der Waals surface area contributed by atoms with E-state index in [-0.39, 0.29) is 5.97 Å². The standard InChI is InChI=1S/C20H17ClN4O3/c1-27-20(26)16-6-2-15(3-7-16)13-28-17-8-4-14(5-9-17)12-22-24-19-11-10-18(21)23-25-19/h2-12H,13H2,1H3,(H,24,25). The number of aromatic nitrogens is 2. The first-order chi connectivity index (χ1) is 13.6. The topological polar surface area (TPSA) is 85.7 Å². The number of hydrogen-bond donors (Lipinski definition) is 1. The number of rotatable bonds is 7. The third-order valence-corrected chi connectivity index (χ3v) is 3.89. The van der Waals surface area contributed by atoms with Crippen LogP contribution in [0.25, 0.3) is 0 Å². The minimum atomic E-state index is -0.359. The fourth-order valence-corrected chi connectivity index (χ4v) is 2.32. The molecule has 0 bridgehead atoms. The van der Waals surface area contributed by atoms with Gasteiger partial charge in [0.2, 0.25) is 0 Å². The summed E-state index contributed by atoms with van der Waals surface area (Å²) in [5.74, 6) is 0.867. The highest BCUT2D eigenvalue weighted by molar-refractivity contribution is 6.29. The second kappa shape index (κ2) is 9.48. The summed E-state index contributed by atoms with van der Waals surface area (Å²) >= 11 is 5.68. The molecule has 0 radical (unpaired) electrons. The molecule has 0 saturated carbocycles. The van der Waals surface area contributed by atoms with Crippen molar-refractivity contribution in [2.24, 2.45) is 5.10 Å². The van der Waals surface area contributed by atoms with E-state index in [9.17, 15) is 4.79 Å². The number of esters is 1. The Morgan fingerprint density at radius 2 is 1.82 bits per heavy atom. The van der Waals surface area contributed by atoms with E-state index < -0.39 is 0 Å². The van der Waals surface area contributed by atoms with Crippen molar-refractivity contribution in [3.63, 3.8) is 0 Å². The number of carbonyl (C=O) groups is 1. The molecule has 0 spiro atoms. The predicted molar refractivity (Wildman–Crippen MR) is 107 cm³/mol. The lowest BCUT2D eigenvalue weighted by Crippen LogP contribution is -2.02. The number of hydrogen-bond acceptors (Lipinski definition) is 7. The number of halogens is 1. The van der Waals surface area contributed by atoms with E-state index in [1.165, 1.54) is 7.11 Å². The molecular formula is C20H17ClN4O3. The van der Waals surface area contributed by atoms with Crippen molar-refractivity contribution >= 4 is 29.6 Å². The average molecular weight is 397 g/mol. The minimum absolute atomic E-state index is 0.324. The number of ether oxygens (including phenoxy) is 2. The maximum Gasteiger partial charge on any atom is 0.337 e. The normalized spacial score (nSPS) is 10.6. The lowest BCUT2D eigenvalue weighted by Gasteiger charge is -2.07. The van der Waals surface area contributed by atoms with Crippen LogP contribution >= 0.6 is 11.6 Å². The van der Waals surface area contributed by atoms with Crippen molar-refractivity contribution in [2.45, 2.75) is 6.61 Å². The molecule has 1 aromatic heterocycles. The van der Waals surface area contributed by atoms with E-state index in [2.05, 4.69) is 25.5 Å². The van der Waals surface area contributed by atoms with Gasteiger partial charge in [0.15, 0.2) is 11.0 Å². The first-order valence-electron chi connectivity index (χ1n) is 8.32. The van der Waals surface area contributed by atoms with Crippen molar-refractivity contribution in [3.05, 3.63) is 82.5 Å². The lowest BCUT2D eigenvalue weighted by atomic mass is 10.1. The van der Waals surface area contributed by atoms with Crippen LogP contribution in [-0.2, 0) is 11.3 Å². The summed E-state index contributed by atoms with van der Waals surface area (Å²) in [4.78, 5) is 11.4. The van der Waals surface area contributed by atoms with Crippen molar-refractivity contribution in [1.29, 1.82) is 0 Å². The average Bonchev–Trinajstić information content (AvgIpc) is 2.74. The van der Waals surface area contributed by atoms with Gasteiger partial charge in [-0.05, 0) is 59.7 Å². The van der Waals surface area contributed by atoms with Crippen LogP contribution in [0, 0.1) is 0 Å². The van der Waals surface area contributed by atoms with Gasteiger partial charge in [-0.3, -0.25) is 5.43 Å². The summed E-state index contributed by atoms with van der Waals surface area (Å²) in [5, 5.41) is 12.0. The molecule has 0 fully saturated rings. The zero-order chi connectivity index (χ0) is 19.8. The lowest BCUT2D eigenvalue weighted by molar-refractivity contribution is 0.0600. The number of methoxy groups -OCH3 is 1. The third kappa shape index (κ3) is 5.52. The van der Waals surface area contributed by atoms with Crippen LogP contribution in [0.1, 0.15) is 21.5 Å².